The van der Waals surface area contributed by atoms with Crippen molar-refractivity contribution in [2.45, 2.75) is 19.9 Å². The Kier molecular flexibility index (Phi) is 4.01. The molecule has 1 aliphatic heterocycles. The van der Waals surface area contributed by atoms with E-state index in [1.807, 2.05) is 30.3 Å². The van der Waals surface area contributed by atoms with Crippen LogP contribution in [-0.4, -0.2) is 34.1 Å². The van der Waals surface area contributed by atoms with E-state index in [9.17, 15) is 9.59 Å². The van der Waals surface area contributed by atoms with Crippen molar-refractivity contribution < 1.29 is 9.53 Å². The van der Waals surface area contributed by atoms with Gasteiger partial charge in [0.1, 0.15) is 10.7 Å². The monoisotopic (exact) mass is 355 g/mol. The van der Waals surface area contributed by atoms with Crippen LogP contribution in [0.4, 0.5) is 4.79 Å². The molecule has 0 fully saturated rings. The van der Waals surface area contributed by atoms with Crippen molar-refractivity contribution in [2.75, 3.05) is 13.2 Å². The maximum atomic E-state index is 12.6. The summed E-state index contributed by atoms with van der Waals surface area (Å²) in [4.78, 5) is 35.5. The molecule has 0 bridgehead atoms. The molecule has 6 nitrogen and oxygen atoms in total. The van der Waals surface area contributed by atoms with Crippen molar-refractivity contribution in [3.05, 3.63) is 51.1 Å². The number of aromatic nitrogens is 2. The van der Waals surface area contributed by atoms with E-state index >= 15 is 0 Å². The first-order valence-corrected chi connectivity index (χ1v) is 9.00. The van der Waals surface area contributed by atoms with Crippen LogP contribution in [0.25, 0.3) is 21.6 Å². The number of rotatable bonds is 2. The molecule has 0 spiro atoms. The fraction of sp³-hybridized carbons (Fsp3) is 0.278. The zero-order valence-corrected chi connectivity index (χ0v) is 14.6. The Balaban J connectivity index is 1.76. The molecule has 1 aromatic carbocycles. The number of aromatic amines is 1. The highest BCUT2D eigenvalue weighted by Gasteiger charge is 2.26. The van der Waals surface area contributed by atoms with Gasteiger partial charge < -0.3 is 14.6 Å². The second-order valence-corrected chi connectivity index (χ2v) is 6.92. The molecule has 1 aliphatic rings. The van der Waals surface area contributed by atoms with E-state index in [1.54, 1.807) is 11.8 Å². The van der Waals surface area contributed by atoms with E-state index in [0.717, 1.165) is 20.8 Å². The third-order valence-electron chi connectivity index (χ3n) is 4.28. The highest BCUT2D eigenvalue weighted by Crippen LogP contribution is 2.33. The number of ether oxygens (including phenoxy) is 1. The van der Waals surface area contributed by atoms with Gasteiger partial charge in [-0.3, -0.25) is 4.79 Å². The van der Waals surface area contributed by atoms with Crippen molar-refractivity contribution in [3.63, 3.8) is 0 Å². The van der Waals surface area contributed by atoms with Gasteiger partial charge in [-0.1, -0.05) is 30.3 Å². The number of nitrogens with one attached hydrogen (secondary N) is 1. The van der Waals surface area contributed by atoms with E-state index in [4.69, 9.17) is 4.74 Å². The third kappa shape index (κ3) is 2.80. The van der Waals surface area contributed by atoms with Crippen LogP contribution in [0.15, 0.2) is 35.1 Å². The predicted molar refractivity (Wildman–Crippen MR) is 96.8 cm³/mol. The van der Waals surface area contributed by atoms with E-state index in [-0.39, 0.29) is 11.7 Å². The molecule has 0 atom stereocenters. The third-order valence-corrected chi connectivity index (χ3v) is 5.39. The number of benzene rings is 1. The van der Waals surface area contributed by atoms with Crippen LogP contribution in [-0.2, 0) is 17.7 Å². The van der Waals surface area contributed by atoms with Crippen LogP contribution >= 0.6 is 11.3 Å². The van der Waals surface area contributed by atoms with Gasteiger partial charge in [0.25, 0.3) is 5.56 Å². The lowest BCUT2D eigenvalue weighted by Crippen LogP contribution is -2.35. The Morgan fingerprint density at radius 1 is 1.36 bits per heavy atom. The predicted octanol–water partition coefficient (Wildman–Crippen LogP) is 3.17. The van der Waals surface area contributed by atoms with Gasteiger partial charge in [-0.2, -0.15) is 0 Å². The Morgan fingerprint density at radius 3 is 2.92 bits per heavy atom. The van der Waals surface area contributed by atoms with Crippen LogP contribution in [0.2, 0.25) is 0 Å². The van der Waals surface area contributed by atoms with Crippen molar-refractivity contribution in [1.82, 2.24) is 14.9 Å². The summed E-state index contributed by atoms with van der Waals surface area (Å²) in [5.74, 6) is 0.568. The molecule has 1 amide bonds. The molecule has 2 aromatic heterocycles. The molecule has 1 N–H and O–H groups in total. The van der Waals surface area contributed by atoms with Crippen molar-refractivity contribution in [3.8, 4) is 11.4 Å². The Labute approximate surface area is 148 Å². The van der Waals surface area contributed by atoms with Crippen LogP contribution in [0.3, 0.4) is 0 Å². The lowest BCUT2D eigenvalue weighted by atomic mass is 10.1. The molecular weight excluding hydrogens is 338 g/mol. The molecule has 4 rings (SSSR count). The standard InChI is InChI=1S/C18H17N3O3S/c1-2-24-18(23)21-9-8-12-13(10-21)25-17-14(12)16(22)19-15(20-17)11-6-4-3-5-7-11/h3-7H,2,8-10H2,1H3,(H,19,20,22). The molecule has 0 aliphatic carbocycles. The number of carbonyl (C=O) groups excluding carboxylic acids is 1. The summed E-state index contributed by atoms with van der Waals surface area (Å²) in [6.07, 6.45) is 0.335. The molecule has 3 heterocycles. The summed E-state index contributed by atoms with van der Waals surface area (Å²) in [6.45, 7) is 3.17. The minimum Gasteiger partial charge on any atom is -0.450 e. The molecule has 0 radical (unpaired) electrons. The van der Waals surface area contributed by atoms with Gasteiger partial charge in [-0.15, -0.1) is 11.3 Å². The van der Waals surface area contributed by atoms with E-state index < -0.39 is 0 Å². The maximum Gasteiger partial charge on any atom is 0.410 e. The van der Waals surface area contributed by atoms with Crippen LogP contribution in [0, 0.1) is 0 Å². The smallest absolute Gasteiger partial charge is 0.410 e. The van der Waals surface area contributed by atoms with Gasteiger partial charge in [0.15, 0.2) is 0 Å². The SMILES string of the molecule is CCOC(=O)N1CCc2c(sc3nc(-c4ccccc4)[nH]c(=O)c23)C1. The fourth-order valence-electron chi connectivity index (χ4n) is 3.10. The Morgan fingerprint density at radius 2 is 2.16 bits per heavy atom. The van der Waals surface area contributed by atoms with Gasteiger partial charge in [0, 0.05) is 17.0 Å². The summed E-state index contributed by atoms with van der Waals surface area (Å²) in [7, 11) is 0. The normalized spacial score (nSPS) is 13.7. The molecular formula is C18H17N3O3S. The number of fused-ring (bicyclic) bond motifs is 3. The Hall–Kier alpha value is -2.67. The zero-order valence-electron chi connectivity index (χ0n) is 13.7. The van der Waals surface area contributed by atoms with Crippen LogP contribution < -0.4 is 5.56 Å². The molecule has 3 aromatic rings. The topological polar surface area (TPSA) is 75.3 Å². The first-order chi connectivity index (χ1) is 12.2. The van der Waals surface area contributed by atoms with Crippen LogP contribution in [0.1, 0.15) is 17.4 Å². The minimum atomic E-state index is -0.308. The van der Waals surface area contributed by atoms with Crippen molar-refractivity contribution in [1.29, 1.82) is 0 Å². The molecule has 7 heteroatoms. The molecule has 128 valence electrons. The molecule has 0 unspecified atom stereocenters. The average molecular weight is 355 g/mol. The van der Waals surface area contributed by atoms with Crippen molar-refractivity contribution in [2.24, 2.45) is 0 Å². The highest BCUT2D eigenvalue weighted by atomic mass is 32.1. The lowest BCUT2D eigenvalue weighted by molar-refractivity contribution is 0.103. The molecule has 0 saturated carbocycles. The van der Waals surface area contributed by atoms with Gasteiger partial charge in [0.05, 0.1) is 18.5 Å². The first kappa shape index (κ1) is 15.8. The Bertz CT molecular complexity index is 994. The average Bonchev–Trinajstić information content (AvgIpc) is 3.00. The highest BCUT2D eigenvalue weighted by molar-refractivity contribution is 7.18. The number of thiophene rings is 1. The van der Waals surface area contributed by atoms with E-state index in [1.165, 1.54) is 11.3 Å². The number of amides is 1. The van der Waals surface area contributed by atoms with Gasteiger partial charge in [0.2, 0.25) is 0 Å². The number of hydrogen-bond donors (Lipinski definition) is 1. The quantitative estimate of drug-likeness (QED) is 0.766. The first-order valence-electron chi connectivity index (χ1n) is 8.19. The summed E-state index contributed by atoms with van der Waals surface area (Å²) >= 11 is 1.48. The van der Waals surface area contributed by atoms with Crippen LogP contribution in [0.5, 0.6) is 0 Å². The summed E-state index contributed by atoms with van der Waals surface area (Å²) < 4.78 is 5.08. The second-order valence-electron chi connectivity index (χ2n) is 5.83. The van der Waals surface area contributed by atoms with E-state index in [2.05, 4.69) is 9.97 Å². The van der Waals surface area contributed by atoms with Gasteiger partial charge >= 0.3 is 6.09 Å². The lowest BCUT2D eigenvalue weighted by Gasteiger charge is -2.25. The summed E-state index contributed by atoms with van der Waals surface area (Å²) in [6, 6.07) is 9.58. The zero-order chi connectivity index (χ0) is 17.4. The second kappa shape index (κ2) is 6.33. The van der Waals surface area contributed by atoms with Gasteiger partial charge in [-0.05, 0) is 18.9 Å². The number of hydrogen-bond acceptors (Lipinski definition) is 5. The summed E-state index contributed by atoms with van der Waals surface area (Å²) in [5, 5.41) is 0.656. The number of nitrogens with zero attached hydrogens (tertiary/aromatic N) is 2. The summed E-state index contributed by atoms with van der Waals surface area (Å²) in [5.41, 5.74) is 1.76. The number of H-pyrrole nitrogens is 1. The van der Waals surface area contributed by atoms with Crippen molar-refractivity contribution >= 4 is 27.6 Å². The fourth-order valence-corrected chi connectivity index (χ4v) is 4.34. The largest absolute Gasteiger partial charge is 0.450 e. The van der Waals surface area contributed by atoms with E-state index in [0.29, 0.717) is 37.3 Å². The molecule has 25 heavy (non-hydrogen) atoms. The van der Waals surface area contributed by atoms with Gasteiger partial charge in [-0.25, -0.2) is 9.78 Å². The number of carbonyl (C=O) groups is 1. The molecule has 0 saturated heterocycles. The maximum absolute atomic E-state index is 12.6. The minimum absolute atomic E-state index is 0.120.